The predicted molar refractivity (Wildman–Crippen MR) is 79.1 cm³/mol. The Morgan fingerprint density at radius 3 is 2.80 bits per heavy atom. The number of primary amides is 1. The van der Waals surface area contributed by atoms with Crippen LogP contribution >= 0.6 is 11.3 Å². The van der Waals surface area contributed by atoms with Gasteiger partial charge in [-0.3, -0.25) is 9.59 Å². The Hall–Kier alpha value is -2.60. The number of hydrogen-bond donors (Lipinski definition) is 3. The smallest absolute Gasteiger partial charge is 0.256 e. The number of carbonyl (C=O) groups is 2. The van der Waals surface area contributed by atoms with Gasteiger partial charge in [-0.25, -0.2) is 0 Å². The van der Waals surface area contributed by atoms with E-state index in [9.17, 15) is 9.59 Å². The van der Waals surface area contributed by atoms with E-state index in [1.165, 1.54) is 11.3 Å². The van der Waals surface area contributed by atoms with E-state index in [1.54, 1.807) is 29.8 Å². The van der Waals surface area contributed by atoms with Crippen molar-refractivity contribution in [3.05, 3.63) is 53.0 Å². The molecule has 3 rings (SSSR count). The molecule has 0 aliphatic heterocycles. The van der Waals surface area contributed by atoms with Crippen LogP contribution in [0.4, 0.5) is 5.00 Å². The van der Waals surface area contributed by atoms with Gasteiger partial charge in [0.05, 0.1) is 5.56 Å². The molecule has 0 aliphatic carbocycles. The first-order valence-corrected chi connectivity index (χ1v) is 6.79. The average molecular weight is 285 g/mol. The largest absolute Gasteiger partial charge is 0.366 e. The van der Waals surface area contributed by atoms with Gasteiger partial charge in [-0.05, 0) is 29.6 Å². The fourth-order valence-electron chi connectivity index (χ4n) is 2.05. The van der Waals surface area contributed by atoms with Crippen LogP contribution in [0.25, 0.3) is 10.9 Å². The molecule has 2 amide bonds. The molecule has 0 aliphatic rings. The van der Waals surface area contributed by atoms with Crippen LogP contribution in [-0.4, -0.2) is 16.8 Å². The summed E-state index contributed by atoms with van der Waals surface area (Å²) in [5, 5.41) is 5.75. The number of fused-ring (bicyclic) bond motifs is 1. The van der Waals surface area contributed by atoms with E-state index >= 15 is 0 Å². The molecule has 0 spiro atoms. The number of amides is 2. The minimum atomic E-state index is -0.554. The zero-order valence-corrected chi connectivity index (χ0v) is 11.2. The molecular formula is C14H11N3O2S. The van der Waals surface area contributed by atoms with Crippen LogP contribution in [0, 0.1) is 0 Å². The minimum absolute atomic E-state index is 0.264. The zero-order valence-electron chi connectivity index (χ0n) is 10.3. The second-order valence-corrected chi connectivity index (χ2v) is 5.14. The van der Waals surface area contributed by atoms with Crippen LogP contribution in [-0.2, 0) is 0 Å². The molecule has 0 bridgehead atoms. The summed E-state index contributed by atoms with van der Waals surface area (Å²) in [7, 11) is 0. The van der Waals surface area contributed by atoms with Crippen molar-refractivity contribution in [2.45, 2.75) is 0 Å². The van der Waals surface area contributed by atoms with E-state index in [1.807, 2.05) is 12.1 Å². The Bertz CT molecular complexity index is 803. The summed E-state index contributed by atoms with van der Waals surface area (Å²) in [6.45, 7) is 0. The van der Waals surface area contributed by atoms with Gasteiger partial charge in [0, 0.05) is 22.7 Å². The van der Waals surface area contributed by atoms with Gasteiger partial charge in [0.1, 0.15) is 5.00 Å². The number of aromatic amines is 1. The third-order valence-electron chi connectivity index (χ3n) is 3.00. The lowest BCUT2D eigenvalue weighted by Gasteiger charge is -2.05. The molecule has 0 unspecified atom stereocenters. The number of benzene rings is 1. The topological polar surface area (TPSA) is 88.0 Å². The van der Waals surface area contributed by atoms with Gasteiger partial charge in [0.2, 0.25) is 0 Å². The van der Waals surface area contributed by atoms with E-state index in [4.69, 9.17) is 5.73 Å². The Morgan fingerprint density at radius 2 is 2.00 bits per heavy atom. The molecule has 3 aromatic rings. The summed E-state index contributed by atoms with van der Waals surface area (Å²) in [6, 6.07) is 8.87. The van der Waals surface area contributed by atoms with Crippen LogP contribution in [0.15, 0.2) is 41.9 Å². The van der Waals surface area contributed by atoms with Crippen molar-refractivity contribution in [2.75, 3.05) is 5.32 Å². The van der Waals surface area contributed by atoms with Crippen LogP contribution in [0.3, 0.4) is 0 Å². The lowest BCUT2D eigenvalue weighted by Crippen LogP contribution is -2.16. The lowest BCUT2D eigenvalue weighted by atomic mass is 10.1. The summed E-state index contributed by atoms with van der Waals surface area (Å²) < 4.78 is 0. The maximum Gasteiger partial charge on any atom is 0.256 e. The van der Waals surface area contributed by atoms with Gasteiger partial charge >= 0.3 is 0 Å². The maximum absolute atomic E-state index is 12.3. The quantitative estimate of drug-likeness (QED) is 0.690. The van der Waals surface area contributed by atoms with E-state index in [0.29, 0.717) is 16.1 Å². The summed E-state index contributed by atoms with van der Waals surface area (Å²) in [4.78, 5) is 26.6. The van der Waals surface area contributed by atoms with Crippen LogP contribution < -0.4 is 11.1 Å². The molecule has 2 heterocycles. The number of rotatable bonds is 3. The van der Waals surface area contributed by atoms with Gasteiger partial charge in [-0.15, -0.1) is 11.3 Å². The van der Waals surface area contributed by atoms with Crippen molar-refractivity contribution in [1.82, 2.24) is 4.98 Å². The van der Waals surface area contributed by atoms with Crippen molar-refractivity contribution in [3.63, 3.8) is 0 Å². The van der Waals surface area contributed by atoms with Crippen LogP contribution in [0.2, 0.25) is 0 Å². The van der Waals surface area contributed by atoms with Crippen molar-refractivity contribution in [2.24, 2.45) is 5.73 Å². The highest BCUT2D eigenvalue weighted by atomic mass is 32.1. The highest BCUT2D eigenvalue weighted by molar-refractivity contribution is 7.14. The first-order valence-electron chi connectivity index (χ1n) is 5.91. The second-order valence-electron chi connectivity index (χ2n) is 4.23. The Kier molecular flexibility index (Phi) is 3.00. The maximum atomic E-state index is 12.3. The number of nitrogens with two attached hydrogens (primary N) is 1. The molecule has 6 heteroatoms. The standard InChI is InChI=1S/C14H11N3O2S/c15-12(18)10-5-7-20-14(10)17-13(19)9-2-1-3-11-8(9)4-6-16-11/h1-7,16H,(H2,15,18)(H,17,19). The lowest BCUT2D eigenvalue weighted by molar-refractivity contribution is 0.100. The molecule has 5 nitrogen and oxygen atoms in total. The number of anilines is 1. The van der Waals surface area contributed by atoms with Gasteiger partial charge in [0.15, 0.2) is 0 Å². The second kappa shape index (κ2) is 4.82. The molecule has 1 aromatic carbocycles. The number of carbonyl (C=O) groups excluding carboxylic acids is 2. The van der Waals surface area contributed by atoms with Crippen molar-refractivity contribution in [3.8, 4) is 0 Å². The third-order valence-corrected chi connectivity index (χ3v) is 3.83. The highest BCUT2D eigenvalue weighted by Gasteiger charge is 2.15. The molecule has 0 atom stereocenters. The van der Waals surface area contributed by atoms with Crippen molar-refractivity contribution in [1.29, 1.82) is 0 Å². The van der Waals surface area contributed by atoms with Crippen LogP contribution in [0.5, 0.6) is 0 Å². The Labute approximate surface area is 118 Å². The average Bonchev–Trinajstić information content (AvgIpc) is 3.05. The van der Waals surface area contributed by atoms with E-state index in [-0.39, 0.29) is 5.91 Å². The monoisotopic (exact) mass is 285 g/mol. The molecule has 2 aromatic heterocycles. The number of nitrogens with one attached hydrogen (secondary N) is 2. The molecule has 20 heavy (non-hydrogen) atoms. The number of H-pyrrole nitrogens is 1. The fraction of sp³-hybridized carbons (Fsp3) is 0. The van der Waals surface area contributed by atoms with Gasteiger partial charge in [0.25, 0.3) is 11.8 Å². The third kappa shape index (κ3) is 2.06. The Morgan fingerprint density at radius 1 is 1.15 bits per heavy atom. The normalized spacial score (nSPS) is 10.6. The summed E-state index contributed by atoms with van der Waals surface area (Å²) in [6.07, 6.45) is 1.78. The van der Waals surface area contributed by atoms with Gasteiger partial charge < -0.3 is 16.0 Å². The minimum Gasteiger partial charge on any atom is -0.366 e. The highest BCUT2D eigenvalue weighted by Crippen LogP contribution is 2.25. The first-order chi connectivity index (χ1) is 9.66. The van der Waals surface area contributed by atoms with Crippen LogP contribution in [0.1, 0.15) is 20.7 Å². The molecule has 0 fully saturated rings. The molecule has 4 N–H and O–H groups in total. The first kappa shape index (κ1) is 12.4. The fourth-order valence-corrected chi connectivity index (χ4v) is 2.84. The Balaban J connectivity index is 1.95. The van der Waals surface area contributed by atoms with Crippen molar-refractivity contribution >= 4 is 39.1 Å². The number of aromatic nitrogens is 1. The molecule has 0 saturated carbocycles. The van der Waals surface area contributed by atoms with E-state index < -0.39 is 5.91 Å². The number of thiophene rings is 1. The SMILES string of the molecule is NC(=O)c1ccsc1NC(=O)c1cccc2[nH]ccc12. The van der Waals surface area contributed by atoms with Crippen molar-refractivity contribution < 1.29 is 9.59 Å². The summed E-state index contributed by atoms with van der Waals surface area (Å²) in [5.74, 6) is -0.818. The molecule has 100 valence electrons. The van der Waals surface area contributed by atoms with E-state index in [2.05, 4.69) is 10.3 Å². The molecule has 0 saturated heterocycles. The predicted octanol–water partition coefficient (Wildman–Crippen LogP) is 2.58. The number of hydrogen-bond acceptors (Lipinski definition) is 3. The summed E-state index contributed by atoms with van der Waals surface area (Å²) in [5.41, 5.74) is 7.02. The molecular weight excluding hydrogens is 274 g/mol. The summed E-state index contributed by atoms with van der Waals surface area (Å²) >= 11 is 1.27. The van der Waals surface area contributed by atoms with Gasteiger partial charge in [-0.1, -0.05) is 6.07 Å². The van der Waals surface area contributed by atoms with Gasteiger partial charge in [-0.2, -0.15) is 0 Å². The van der Waals surface area contributed by atoms with E-state index in [0.717, 1.165) is 10.9 Å². The molecule has 0 radical (unpaired) electrons. The zero-order chi connectivity index (χ0) is 14.1.